The third kappa shape index (κ3) is 2.49. The van der Waals surface area contributed by atoms with E-state index in [1.165, 1.54) is 17.1 Å². The van der Waals surface area contributed by atoms with Gasteiger partial charge in [0, 0.05) is 18.1 Å². The second-order valence-corrected chi connectivity index (χ2v) is 5.43. The summed E-state index contributed by atoms with van der Waals surface area (Å²) in [6.07, 6.45) is 1.55. The van der Waals surface area contributed by atoms with Gasteiger partial charge in [-0.25, -0.2) is 4.98 Å². The molecule has 0 aliphatic heterocycles. The number of rotatable bonds is 3. The maximum absolute atomic E-state index is 4.03. The van der Waals surface area contributed by atoms with Crippen LogP contribution in [0.15, 0.2) is 21.6 Å². The molecule has 6 heteroatoms. The highest BCUT2D eigenvalue weighted by atomic mass is 79.9. The molecule has 2 rings (SSSR count). The van der Waals surface area contributed by atoms with E-state index in [0.717, 1.165) is 15.5 Å². The quantitative estimate of drug-likeness (QED) is 0.936. The highest BCUT2D eigenvalue weighted by Gasteiger charge is 1.98. The molecular weight excluding hydrogens is 270 g/mol. The number of hydrogen-bond donors (Lipinski definition) is 1. The maximum atomic E-state index is 4.03. The van der Waals surface area contributed by atoms with Crippen LogP contribution in [0, 0.1) is 0 Å². The van der Waals surface area contributed by atoms with Gasteiger partial charge in [0.2, 0.25) is 5.13 Å². The first-order valence-electron chi connectivity index (χ1n) is 3.58. The van der Waals surface area contributed by atoms with E-state index in [0.29, 0.717) is 0 Å². The van der Waals surface area contributed by atoms with Crippen molar-refractivity contribution < 1.29 is 0 Å². The Hall–Kier alpha value is -0.460. The minimum atomic E-state index is 0.803. The Labute approximate surface area is 92.1 Å². The normalized spacial score (nSPS) is 10.2. The molecule has 0 aromatic carbocycles. The Morgan fingerprint density at radius 1 is 1.54 bits per heavy atom. The van der Waals surface area contributed by atoms with Crippen molar-refractivity contribution in [3.05, 3.63) is 27.1 Å². The van der Waals surface area contributed by atoms with Crippen molar-refractivity contribution >= 4 is 43.9 Å². The first-order chi connectivity index (χ1) is 6.34. The number of anilines is 1. The zero-order chi connectivity index (χ0) is 9.10. The summed E-state index contributed by atoms with van der Waals surface area (Å²) in [5.41, 5.74) is 1.26. The lowest BCUT2D eigenvalue weighted by molar-refractivity contribution is 1.14. The molecule has 0 fully saturated rings. The zero-order valence-corrected chi connectivity index (χ0v) is 9.75. The van der Waals surface area contributed by atoms with Crippen LogP contribution in [0.4, 0.5) is 5.13 Å². The topological polar surface area (TPSA) is 37.8 Å². The summed E-state index contributed by atoms with van der Waals surface area (Å²) in [6.45, 7) is 0.803. The molecule has 2 aromatic heterocycles. The number of hydrogen-bond acceptors (Lipinski definition) is 5. The molecule has 13 heavy (non-hydrogen) atoms. The molecule has 0 spiro atoms. The molecule has 0 bridgehead atoms. The summed E-state index contributed by atoms with van der Waals surface area (Å²) in [7, 11) is 0. The number of aromatic nitrogens is 2. The summed E-state index contributed by atoms with van der Waals surface area (Å²) in [5.74, 6) is 0. The van der Waals surface area contributed by atoms with Crippen LogP contribution in [0.5, 0.6) is 0 Å². The Balaban J connectivity index is 1.93. The van der Waals surface area contributed by atoms with Crippen molar-refractivity contribution in [3.8, 4) is 0 Å². The average Bonchev–Trinajstić information content (AvgIpc) is 2.71. The van der Waals surface area contributed by atoms with Gasteiger partial charge in [0.25, 0.3) is 0 Å². The van der Waals surface area contributed by atoms with E-state index in [-0.39, 0.29) is 0 Å². The third-order valence-electron chi connectivity index (χ3n) is 1.43. The summed E-state index contributed by atoms with van der Waals surface area (Å²) >= 11 is 6.47. The van der Waals surface area contributed by atoms with Crippen molar-refractivity contribution in [1.82, 2.24) is 9.36 Å². The fourth-order valence-electron chi connectivity index (χ4n) is 0.867. The van der Waals surface area contributed by atoms with Crippen LogP contribution in [0.2, 0.25) is 0 Å². The molecule has 0 aliphatic rings. The fourth-order valence-corrected chi connectivity index (χ4v) is 2.50. The molecule has 0 radical (unpaired) electrons. The minimum absolute atomic E-state index is 0.803. The van der Waals surface area contributed by atoms with Gasteiger partial charge in [0.15, 0.2) is 0 Å². The smallest absolute Gasteiger partial charge is 0.202 e. The molecule has 1 N–H and O–H groups in total. The van der Waals surface area contributed by atoms with Gasteiger partial charge in [-0.3, -0.25) is 0 Å². The standard InChI is InChI=1S/C7H6BrN3S2/c8-6-1-5(3-12-6)2-9-7-10-4-11-13-7/h1,3-4H,2H2,(H,9,10,11). The number of nitrogens with one attached hydrogen (secondary N) is 1. The second-order valence-electron chi connectivity index (χ2n) is 2.36. The predicted octanol–water partition coefficient (Wildman–Crippen LogP) is 2.97. The first kappa shape index (κ1) is 9.11. The number of thiophene rings is 1. The van der Waals surface area contributed by atoms with Gasteiger partial charge >= 0.3 is 0 Å². The largest absolute Gasteiger partial charge is 0.356 e. The van der Waals surface area contributed by atoms with Gasteiger partial charge < -0.3 is 5.32 Å². The van der Waals surface area contributed by atoms with Gasteiger partial charge in [0.05, 0.1) is 3.79 Å². The Morgan fingerprint density at radius 3 is 3.08 bits per heavy atom. The van der Waals surface area contributed by atoms with Crippen molar-refractivity contribution in [3.63, 3.8) is 0 Å². The summed E-state index contributed by atoms with van der Waals surface area (Å²) in [4.78, 5) is 4.03. The highest BCUT2D eigenvalue weighted by molar-refractivity contribution is 9.11. The van der Waals surface area contributed by atoms with Crippen LogP contribution >= 0.6 is 38.8 Å². The van der Waals surface area contributed by atoms with Crippen LogP contribution in [0.3, 0.4) is 0 Å². The maximum Gasteiger partial charge on any atom is 0.202 e. The van der Waals surface area contributed by atoms with Crippen molar-refractivity contribution in [1.29, 1.82) is 0 Å². The van der Waals surface area contributed by atoms with Gasteiger partial charge in [-0.05, 0) is 32.9 Å². The minimum Gasteiger partial charge on any atom is -0.356 e. The van der Waals surface area contributed by atoms with E-state index in [2.05, 4.69) is 42.1 Å². The molecule has 0 aliphatic carbocycles. The molecule has 2 aromatic rings. The zero-order valence-electron chi connectivity index (χ0n) is 6.53. The van der Waals surface area contributed by atoms with E-state index in [9.17, 15) is 0 Å². The Bertz CT molecular complexity index is 371. The molecule has 0 atom stereocenters. The highest BCUT2D eigenvalue weighted by Crippen LogP contribution is 2.21. The Morgan fingerprint density at radius 2 is 2.46 bits per heavy atom. The van der Waals surface area contributed by atoms with Crippen LogP contribution in [-0.4, -0.2) is 9.36 Å². The summed E-state index contributed by atoms with van der Waals surface area (Å²) in [5, 5.41) is 6.16. The molecular formula is C7H6BrN3S2. The molecule has 0 saturated heterocycles. The van der Waals surface area contributed by atoms with E-state index in [1.54, 1.807) is 17.7 Å². The first-order valence-corrected chi connectivity index (χ1v) is 6.02. The van der Waals surface area contributed by atoms with Crippen LogP contribution in [-0.2, 0) is 6.54 Å². The molecule has 68 valence electrons. The predicted molar refractivity (Wildman–Crippen MR) is 59.3 cm³/mol. The third-order valence-corrected chi connectivity index (χ3v) is 3.60. The van der Waals surface area contributed by atoms with Crippen LogP contribution in [0.1, 0.15) is 5.56 Å². The van der Waals surface area contributed by atoms with Gasteiger partial charge in [-0.15, -0.1) is 11.3 Å². The average molecular weight is 276 g/mol. The van der Waals surface area contributed by atoms with E-state index in [4.69, 9.17) is 0 Å². The lowest BCUT2D eigenvalue weighted by atomic mass is 10.3. The molecule has 0 saturated carbocycles. The molecule has 0 unspecified atom stereocenters. The SMILES string of the molecule is Brc1cc(CNc2ncns2)cs1. The van der Waals surface area contributed by atoms with Crippen LogP contribution < -0.4 is 5.32 Å². The lowest BCUT2D eigenvalue weighted by Gasteiger charge is -1.97. The Kier molecular flexibility index (Phi) is 2.92. The van der Waals surface area contributed by atoms with Crippen molar-refractivity contribution in [2.24, 2.45) is 0 Å². The number of nitrogens with zero attached hydrogens (tertiary/aromatic N) is 2. The number of halogens is 1. The monoisotopic (exact) mass is 275 g/mol. The molecule has 0 amide bonds. The summed E-state index contributed by atoms with van der Waals surface area (Å²) in [6, 6.07) is 2.10. The lowest BCUT2D eigenvalue weighted by Crippen LogP contribution is -1.96. The van der Waals surface area contributed by atoms with E-state index < -0.39 is 0 Å². The molecule has 2 heterocycles. The molecule has 3 nitrogen and oxygen atoms in total. The van der Waals surface area contributed by atoms with Crippen LogP contribution in [0.25, 0.3) is 0 Å². The van der Waals surface area contributed by atoms with E-state index >= 15 is 0 Å². The van der Waals surface area contributed by atoms with E-state index in [1.807, 2.05) is 0 Å². The fraction of sp³-hybridized carbons (Fsp3) is 0.143. The van der Waals surface area contributed by atoms with Crippen molar-refractivity contribution in [2.75, 3.05) is 5.32 Å². The second kappa shape index (κ2) is 4.17. The van der Waals surface area contributed by atoms with Crippen molar-refractivity contribution in [2.45, 2.75) is 6.54 Å². The van der Waals surface area contributed by atoms with Gasteiger partial charge in [-0.1, -0.05) is 0 Å². The van der Waals surface area contributed by atoms with Gasteiger partial charge in [0.1, 0.15) is 6.33 Å². The van der Waals surface area contributed by atoms with Gasteiger partial charge in [-0.2, -0.15) is 4.37 Å². The summed E-state index contributed by atoms with van der Waals surface area (Å²) < 4.78 is 5.06.